The van der Waals surface area contributed by atoms with E-state index in [0.29, 0.717) is 66.9 Å². The SMILES string of the molecule is CCCCCCCCOc1ccc(C(=O)Oc2ccc(-c3ccc(OC(=O)c4ccc(OCCCCCCCC)cc4OCCCN)cc3)cc2)cc1. The number of carbonyl (C=O) groups excluding carboxylic acids is 2. The molecule has 0 unspecified atom stereocenters. The van der Waals surface area contributed by atoms with Crippen LogP contribution in [-0.4, -0.2) is 38.3 Å². The summed E-state index contributed by atoms with van der Waals surface area (Å²) < 4.78 is 29.0. The Kier molecular flexibility index (Phi) is 18.3. The molecular formula is C45H57NO7. The first-order chi connectivity index (χ1) is 26.0. The van der Waals surface area contributed by atoms with Crippen molar-refractivity contribution < 1.29 is 33.3 Å². The molecule has 0 spiro atoms. The molecule has 0 heterocycles. The normalized spacial score (nSPS) is 10.8. The second kappa shape index (κ2) is 23.7. The lowest BCUT2D eigenvalue weighted by Crippen LogP contribution is -2.13. The largest absolute Gasteiger partial charge is 0.494 e. The van der Waals surface area contributed by atoms with Crippen molar-refractivity contribution >= 4 is 11.9 Å². The number of esters is 2. The molecule has 0 aromatic heterocycles. The van der Waals surface area contributed by atoms with Crippen molar-refractivity contribution in [1.82, 2.24) is 0 Å². The highest BCUT2D eigenvalue weighted by Gasteiger charge is 2.17. The molecule has 284 valence electrons. The van der Waals surface area contributed by atoms with Crippen molar-refractivity contribution in [2.75, 3.05) is 26.4 Å². The number of benzene rings is 4. The van der Waals surface area contributed by atoms with Gasteiger partial charge in [-0.2, -0.15) is 0 Å². The Balaban J connectivity index is 1.27. The first-order valence-electron chi connectivity index (χ1n) is 19.5. The maximum atomic E-state index is 13.2. The van der Waals surface area contributed by atoms with Crippen LogP contribution in [0.5, 0.6) is 28.7 Å². The maximum absolute atomic E-state index is 13.2. The van der Waals surface area contributed by atoms with Crippen LogP contribution in [-0.2, 0) is 0 Å². The number of ether oxygens (including phenoxy) is 5. The number of carbonyl (C=O) groups is 2. The molecule has 0 saturated carbocycles. The minimum Gasteiger partial charge on any atom is -0.494 e. The summed E-state index contributed by atoms with van der Waals surface area (Å²) >= 11 is 0. The Morgan fingerprint density at radius 1 is 0.472 bits per heavy atom. The second-order valence-electron chi connectivity index (χ2n) is 13.2. The van der Waals surface area contributed by atoms with E-state index < -0.39 is 11.9 Å². The molecule has 0 atom stereocenters. The highest BCUT2D eigenvalue weighted by Crippen LogP contribution is 2.29. The van der Waals surface area contributed by atoms with Gasteiger partial charge in [0.15, 0.2) is 0 Å². The van der Waals surface area contributed by atoms with Crippen molar-refractivity contribution in [3.8, 4) is 39.9 Å². The third-order valence-electron chi connectivity index (χ3n) is 8.87. The zero-order chi connectivity index (χ0) is 37.5. The van der Waals surface area contributed by atoms with E-state index in [0.717, 1.165) is 36.1 Å². The average molecular weight is 724 g/mol. The van der Waals surface area contributed by atoms with E-state index in [1.807, 2.05) is 24.3 Å². The van der Waals surface area contributed by atoms with Crippen LogP contribution < -0.4 is 29.4 Å². The van der Waals surface area contributed by atoms with Crippen LogP contribution in [0.1, 0.15) is 118 Å². The molecule has 0 aliphatic rings. The highest BCUT2D eigenvalue weighted by atomic mass is 16.5. The van der Waals surface area contributed by atoms with Gasteiger partial charge < -0.3 is 29.4 Å². The molecule has 4 aromatic carbocycles. The predicted molar refractivity (Wildman–Crippen MR) is 212 cm³/mol. The minimum atomic E-state index is -0.524. The molecule has 4 rings (SSSR count). The molecule has 0 fully saturated rings. The third kappa shape index (κ3) is 14.6. The van der Waals surface area contributed by atoms with Crippen molar-refractivity contribution in [2.45, 2.75) is 97.3 Å². The van der Waals surface area contributed by atoms with Crippen LogP contribution in [0.15, 0.2) is 91.0 Å². The molecule has 0 radical (unpaired) electrons. The average Bonchev–Trinajstić information content (AvgIpc) is 3.18. The van der Waals surface area contributed by atoms with E-state index in [1.54, 1.807) is 66.7 Å². The van der Waals surface area contributed by atoms with E-state index in [-0.39, 0.29) is 0 Å². The second-order valence-corrected chi connectivity index (χ2v) is 13.2. The van der Waals surface area contributed by atoms with Crippen LogP contribution >= 0.6 is 0 Å². The molecule has 8 nitrogen and oxygen atoms in total. The molecule has 0 bridgehead atoms. The summed E-state index contributed by atoms with van der Waals surface area (Å²) in [6.07, 6.45) is 15.0. The summed E-state index contributed by atoms with van der Waals surface area (Å²) in [5.74, 6) is 1.69. The topological polar surface area (TPSA) is 106 Å². The van der Waals surface area contributed by atoms with Crippen LogP contribution in [0.25, 0.3) is 11.1 Å². The van der Waals surface area contributed by atoms with Crippen molar-refractivity contribution in [3.63, 3.8) is 0 Å². The summed E-state index contributed by atoms with van der Waals surface area (Å²) in [5, 5.41) is 0. The Labute approximate surface area is 315 Å². The van der Waals surface area contributed by atoms with Gasteiger partial charge in [-0.3, -0.25) is 0 Å². The quantitative estimate of drug-likeness (QED) is 0.0409. The summed E-state index contributed by atoms with van der Waals surface area (Å²) in [4.78, 5) is 26.0. The summed E-state index contributed by atoms with van der Waals surface area (Å²) in [5.41, 5.74) is 8.26. The first kappa shape index (κ1) is 40.9. The number of nitrogens with two attached hydrogens (primary N) is 1. The minimum absolute atomic E-state index is 0.316. The Morgan fingerprint density at radius 3 is 1.47 bits per heavy atom. The predicted octanol–water partition coefficient (Wildman–Crippen LogP) is 11.0. The van der Waals surface area contributed by atoms with Gasteiger partial charge in [0.05, 0.1) is 25.4 Å². The fourth-order valence-corrected chi connectivity index (χ4v) is 5.74. The molecule has 0 aliphatic carbocycles. The van der Waals surface area contributed by atoms with Crippen LogP contribution in [0, 0.1) is 0 Å². The van der Waals surface area contributed by atoms with E-state index in [1.165, 1.54) is 57.8 Å². The van der Waals surface area contributed by atoms with Crippen LogP contribution in [0.4, 0.5) is 0 Å². The van der Waals surface area contributed by atoms with Gasteiger partial charge in [-0.25, -0.2) is 9.59 Å². The van der Waals surface area contributed by atoms with Crippen molar-refractivity contribution in [3.05, 3.63) is 102 Å². The molecule has 2 N–H and O–H groups in total. The highest BCUT2D eigenvalue weighted by molar-refractivity contribution is 5.94. The molecule has 4 aromatic rings. The fraction of sp³-hybridized carbons (Fsp3) is 0.422. The Hall–Kier alpha value is -4.82. The molecule has 0 aliphatic heterocycles. The van der Waals surface area contributed by atoms with Crippen LogP contribution in [0.2, 0.25) is 0 Å². The van der Waals surface area contributed by atoms with E-state index in [9.17, 15) is 9.59 Å². The molecule has 0 amide bonds. The summed E-state index contributed by atoms with van der Waals surface area (Å²) in [6.45, 7) is 6.58. The van der Waals surface area contributed by atoms with Gasteiger partial charge in [-0.1, -0.05) is 102 Å². The van der Waals surface area contributed by atoms with Gasteiger partial charge in [0.25, 0.3) is 0 Å². The van der Waals surface area contributed by atoms with Gasteiger partial charge in [0, 0.05) is 6.07 Å². The van der Waals surface area contributed by atoms with Gasteiger partial charge in [-0.15, -0.1) is 0 Å². The van der Waals surface area contributed by atoms with E-state index in [4.69, 9.17) is 29.4 Å². The monoisotopic (exact) mass is 723 g/mol. The molecule has 0 saturated heterocycles. The Morgan fingerprint density at radius 2 is 0.925 bits per heavy atom. The maximum Gasteiger partial charge on any atom is 0.347 e. The summed E-state index contributed by atoms with van der Waals surface area (Å²) in [6, 6.07) is 26.8. The molecule has 8 heteroatoms. The lowest BCUT2D eigenvalue weighted by molar-refractivity contribution is 0.0722. The zero-order valence-electron chi connectivity index (χ0n) is 31.6. The number of hydrogen-bond donors (Lipinski definition) is 1. The van der Waals surface area contributed by atoms with Gasteiger partial charge in [0.2, 0.25) is 0 Å². The van der Waals surface area contributed by atoms with E-state index >= 15 is 0 Å². The fourth-order valence-electron chi connectivity index (χ4n) is 5.74. The van der Waals surface area contributed by atoms with Gasteiger partial charge in [-0.05, 0) is 97.6 Å². The summed E-state index contributed by atoms with van der Waals surface area (Å²) in [7, 11) is 0. The van der Waals surface area contributed by atoms with Crippen molar-refractivity contribution in [2.24, 2.45) is 5.73 Å². The Bertz CT molecular complexity index is 1640. The van der Waals surface area contributed by atoms with Gasteiger partial charge in [0.1, 0.15) is 34.3 Å². The number of rotatable bonds is 25. The smallest absolute Gasteiger partial charge is 0.347 e. The lowest BCUT2D eigenvalue weighted by atomic mass is 10.1. The number of hydrogen-bond acceptors (Lipinski definition) is 8. The van der Waals surface area contributed by atoms with Gasteiger partial charge >= 0.3 is 11.9 Å². The first-order valence-corrected chi connectivity index (χ1v) is 19.5. The van der Waals surface area contributed by atoms with Crippen molar-refractivity contribution in [1.29, 1.82) is 0 Å². The zero-order valence-corrected chi connectivity index (χ0v) is 31.6. The molecular weight excluding hydrogens is 666 g/mol. The number of unbranched alkanes of at least 4 members (excludes halogenated alkanes) is 10. The third-order valence-corrected chi connectivity index (χ3v) is 8.87. The van der Waals surface area contributed by atoms with E-state index in [2.05, 4.69) is 13.8 Å². The van der Waals surface area contributed by atoms with Crippen LogP contribution in [0.3, 0.4) is 0 Å². The molecule has 53 heavy (non-hydrogen) atoms. The lowest BCUT2D eigenvalue weighted by Gasteiger charge is -2.14. The standard InChI is InChI=1S/C45H57NO7/c1-3-5-7-9-11-13-31-49-38-22-20-37(21-23-38)44(47)52-39-24-16-35(17-25-39)36-18-26-40(27-19-36)53-45(48)42-29-28-41(34-43(42)51-33-15-30-46)50-32-14-12-10-8-6-4-2/h16-29,34H,3-15,30-33,46H2,1-2H3.